The second-order valence-corrected chi connectivity index (χ2v) is 8.91. The predicted octanol–water partition coefficient (Wildman–Crippen LogP) is 1.85. The first kappa shape index (κ1) is 20.6. The molecule has 1 saturated carbocycles. The first-order chi connectivity index (χ1) is 14.4. The molecule has 2 aliphatic rings. The summed E-state index contributed by atoms with van der Waals surface area (Å²) in [7, 11) is -0.891. The molecule has 0 aromatic heterocycles. The fourth-order valence-electron chi connectivity index (χ4n) is 4.12. The molecule has 1 N–H and O–H groups in total. The number of fused-ring (bicyclic) bond motifs is 3. The second-order valence-electron chi connectivity index (χ2n) is 7.19. The lowest BCUT2D eigenvalue weighted by Crippen LogP contribution is -2.44. The molecule has 0 saturated heterocycles. The van der Waals surface area contributed by atoms with Gasteiger partial charge in [-0.05, 0) is 18.2 Å². The molecule has 1 aliphatic carbocycles. The Balaban J connectivity index is 1.63. The molecule has 4 atom stereocenters. The van der Waals surface area contributed by atoms with Crippen LogP contribution in [0.1, 0.15) is 17.9 Å². The SMILES string of the molecule is COC(=O)COc1cccc2c1OC1CC(OC)C(NS(=O)(=O)c3ccccc3)C21. The summed E-state index contributed by atoms with van der Waals surface area (Å²) in [4.78, 5) is 11.6. The molecule has 0 radical (unpaired) electrons. The zero-order chi connectivity index (χ0) is 21.3. The Bertz CT molecular complexity index is 1020. The maximum atomic E-state index is 12.9. The minimum Gasteiger partial charge on any atom is -0.485 e. The average molecular weight is 433 g/mol. The molecular weight excluding hydrogens is 410 g/mol. The highest BCUT2D eigenvalue weighted by molar-refractivity contribution is 7.89. The fraction of sp³-hybridized carbons (Fsp3) is 0.381. The number of methoxy groups -OCH3 is 2. The lowest BCUT2D eigenvalue weighted by Gasteiger charge is -2.24. The van der Waals surface area contributed by atoms with Crippen LogP contribution in [0.25, 0.3) is 0 Å². The van der Waals surface area contributed by atoms with E-state index in [-0.39, 0.29) is 29.6 Å². The molecule has 1 fully saturated rings. The summed E-state index contributed by atoms with van der Waals surface area (Å²) in [5, 5.41) is 0. The van der Waals surface area contributed by atoms with Crippen molar-refractivity contribution in [2.45, 2.75) is 35.5 Å². The van der Waals surface area contributed by atoms with Crippen molar-refractivity contribution in [1.82, 2.24) is 4.72 Å². The van der Waals surface area contributed by atoms with Gasteiger partial charge in [0, 0.05) is 25.0 Å². The fourth-order valence-corrected chi connectivity index (χ4v) is 5.43. The van der Waals surface area contributed by atoms with Gasteiger partial charge in [-0.15, -0.1) is 0 Å². The van der Waals surface area contributed by atoms with E-state index in [1.165, 1.54) is 7.11 Å². The molecule has 30 heavy (non-hydrogen) atoms. The quantitative estimate of drug-likeness (QED) is 0.665. The van der Waals surface area contributed by atoms with Crippen LogP contribution < -0.4 is 14.2 Å². The van der Waals surface area contributed by atoms with Gasteiger partial charge in [0.25, 0.3) is 0 Å². The van der Waals surface area contributed by atoms with Gasteiger partial charge in [-0.1, -0.05) is 30.3 Å². The number of rotatable bonds is 7. The van der Waals surface area contributed by atoms with Crippen molar-refractivity contribution in [3.8, 4) is 11.5 Å². The zero-order valence-corrected chi connectivity index (χ0v) is 17.4. The van der Waals surface area contributed by atoms with E-state index in [0.29, 0.717) is 17.9 Å². The number of esters is 1. The number of carbonyl (C=O) groups excluding carboxylic acids is 1. The van der Waals surface area contributed by atoms with Gasteiger partial charge in [-0.25, -0.2) is 17.9 Å². The highest BCUT2D eigenvalue weighted by atomic mass is 32.2. The van der Waals surface area contributed by atoms with Crippen LogP contribution in [-0.4, -0.2) is 53.5 Å². The van der Waals surface area contributed by atoms with Crippen LogP contribution >= 0.6 is 0 Å². The molecule has 4 rings (SSSR count). The van der Waals surface area contributed by atoms with Crippen LogP contribution in [0, 0.1) is 0 Å². The number of benzene rings is 2. The van der Waals surface area contributed by atoms with Crippen molar-refractivity contribution < 1.29 is 32.2 Å². The zero-order valence-electron chi connectivity index (χ0n) is 16.6. The van der Waals surface area contributed by atoms with E-state index in [1.54, 1.807) is 49.6 Å². The molecule has 2 aromatic carbocycles. The highest BCUT2D eigenvalue weighted by Crippen LogP contribution is 2.51. The van der Waals surface area contributed by atoms with Crippen LogP contribution in [-0.2, 0) is 24.3 Å². The molecule has 0 bridgehead atoms. The maximum Gasteiger partial charge on any atom is 0.343 e. The van der Waals surface area contributed by atoms with Crippen LogP contribution in [0.15, 0.2) is 53.4 Å². The molecule has 9 heteroatoms. The van der Waals surface area contributed by atoms with Crippen molar-refractivity contribution >= 4 is 16.0 Å². The highest BCUT2D eigenvalue weighted by Gasteiger charge is 2.52. The van der Waals surface area contributed by atoms with Crippen molar-refractivity contribution in [3.63, 3.8) is 0 Å². The Morgan fingerprint density at radius 3 is 2.60 bits per heavy atom. The Labute approximate surface area is 175 Å². The summed E-state index contributed by atoms with van der Waals surface area (Å²) < 4.78 is 50.6. The first-order valence-corrected chi connectivity index (χ1v) is 11.0. The Morgan fingerprint density at radius 2 is 1.90 bits per heavy atom. The molecule has 1 aliphatic heterocycles. The molecule has 1 heterocycles. The van der Waals surface area contributed by atoms with Crippen molar-refractivity contribution in [3.05, 3.63) is 54.1 Å². The normalized spacial score (nSPS) is 24.6. The van der Waals surface area contributed by atoms with Gasteiger partial charge in [0.05, 0.1) is 24.2 Å². The molecule has 8 nitrogen and oxygen atoms in total. The molecule has 0 amide bonds. The molecule has 4 unspecified atom stereocenters. The number of nitrogens with one attached hydrogen (secondary N) is 1. The van der Waals surface area contributed by atoms with Gasteiger partial charge in [0.15, 0.2) is 18.1 Å². The summed E-state index contributed by atoms with van der Waals surface area (Å²) in [6.07, 6.45) is -0.0866. The summed E-state index contributed by atoms with van der Waals surface area (Å²) in [5.41, 5.74) is 0.822. The Hall–Kier alpha value is -2.62. The third kappa shape index (κ3) is 3.76. The number of carbonyl (C=O) groups is 1. The summed E-state index contributed by atoms with van der Waals surface area (Å²) in [6, 6.07) is 13.1. The molecule has 0 spiro atoms. The average Bonchev–Trinajstić information content (AvgIpc) is 3.29. The third-order valence-corrected chi connectivity index (χ3v) is 6.99. The number of hydrogen-bond acceptors (Lipinski definition) is 7. The van der Waals surface area contributed by atoms with E-state index in [9.17, 15) is 13.2 Å². The van der Waals surface area contributed by atoms with E-state index >= 15 is 0 Å². The smallest absolute Gasteiger partial charge is 0.343 e. The first-order valence-electron chi connectivity index (χ1n) is 9.54. The van der Waals surface area contributed by atoms with Crippen molar-refractivity contribution in [2.24, 2.45) is 0 Å². The van der Waals surface area contributed by atoms with Crippen LogP contribution in [0.2, 0.25) is 0 Å². The summed E-state index contributed by atoms with van der Waals surface area (Å²) >= 11 is 0. The Morgan fingerprint density at radius 1 is 1.13 bits per heavy atom. The largest absolute Gasteiger partial charge is 0.485 e. The monoisotopic (exact) mass is 433 g/mol. The van der Waals surface area contributed by atoms with Crippen LogP contribution in [0.3, 0.4) is 0 Å². The Kier molecular flexibility index (Phi) is 5.68. The van der Waals surface area contributed by atoms with Gasteiger partial charge in [0.2, 0.25) is 10.0 Å². The van der Waals surface area contributed by atoms with E-state index in [0.717, 1.165) is 5.56 Å². The standard InChI is InChI=1S/C21H23NO7S/c1-26-17-11-16-19(20(17)22-30(24,25)13-7-4-3-5-8-13)14-9-6-10-15(21(14)29-16)28-12-18(23)27-2/h3-10,16-17,19-20,22H,11-12H2,1-2H3. The second kappa shape index (κ2) is 8.25. The van der Waals surface area contributed by atoms with Gasteiger partial charge in [-0.2, -0.15) is 0 Å². The molecule has 160 valence electrons. The van der Waals surface area contributed by atoms with Crippen molar-refractivity contribution in [1.29, 1.82) is 0 Å². The van der Waals surface area contributed by atoms with Gasteiger partial charge >= 0.3 is 5.97 Å². The van der Waals surface area contributed by atoms with E-state index in [4.69, 9.17) is 14.2 Å². The van der Waals surface area contributed by atoms with Crippen molar-refractivity contribution in [2.75, 3.05) is 20.8 Å². The summed E-state index contributed by atoms with van der Waals surface area (Å²) in [5.74, 6) is 0.199. The van der Waals surface area contributed by atoms with Gasteiger partial charge in [-0.3, -0.25) is 0 Å². The maximum absolute atomic E-state index is 12.9. The lowest BCUT2D eigenvalue weighted by molar-refractivity contribution is -0.142. The predicted molar refractivity (Wildman–Crippen MR) is 107 cm³/mol. The number of sulfonamides is 1. The van der Waals surface area contributed by atoms with Gasteiger partial charge < -0.3 is 18.9 Å². The number of ether oxygens (including phenoxy) is 4. The lowest BCUT2D eigenvalue weighted by atomic mass is 9.94. The van der Waals surface area contributed by atoms with Crippen LogP contribution in [0.5, 0.6) is 11.5 Å². The van der Waals surface area contributed by atoms with E-state index in [2.05, 4.69) is 9.46 Å². The van der Waals surface area contributed by atoms with E-state index in [1.807, 2.05) is 6.07 Å². The molecule has 2 aromatic rings. The third-order valence-electron chi connectivity index (χ3n) is 5.51. The van der Waals surface area contributed by atoms with E-state index < -0.39 is 22.0 Å². The number of hydrogen-bond donors (Lipinski definition) is 1. The molecular formula is C21H23NO7S. The topological polar surface area (TPSA) is 100 Å². The summed E-state index contributed by atoms with van der Waals surface area (Å²) in [6.45, 7) is -0.240. The number of para-hydroxylation sites is 1. The van der Waals surface area contributed by atoms with Gasteiger partial charge in [0.1, 0.15) is 6.10 Å². The minimum atomic E-state index is -3.74. The van der Waals surface area contributed by atoms with Crippen LogP contribution in [0.4, 0.5) is 0 Å². The minimum absolute atomic E-state index is 0.192.